The van der Waals surface area contributed by atoms with Crippen LogP contribution in [0.1, 0.15) is 66.8 Å². The van der Waals surface area contributed by atoms with Gasteiger partial charge in [0.25, 0.3) is 5.91 Å². The molecule has 2 aromatic carbocycles. The zero-order chi connectivity index (χ0) is 26.9. The zero-order valence-electron chi connectivity index (χ0n) is 21.9. The average molecular weight is 518 g/mol. The molecule has 200 valence electrons. The van der Waals surface area contributed by atoms with E-state index < -0.39 is 17.9 Å². The summed E-state index contributed by atoms with van der Waals surface area (Å²) in [7, 11) is 0. The van der Waals surface area contributed by atoms with Crippen molar-refractivity contribution in [2.75, 3.05) is 24.6 Å². The summed E-state index contributed by atoms with van der Waals surface area (Å²) >= 11 is 0. The van der Waals surface area contributed by atoms with E-state index in [0.717, 1.165) is 24.8 Å². The third kappa shape index (κ3) is 6.69. The van der Waals surface area contributed by atoms with E-state index in [-0.39, 0.29) is 24.3 Å². The lowest BCUT2D eigenvalue weighted by Crippen LogP contribution is -2.48. The molecule has 1 aromatic heterocycles. The maximum absolute atomic E-state index is 13.7. The molecular formula is C30H35N3O5. The number of amides is 3. The summed E-state index contributed by atoms with van der Waals surface area (Å²) < 4.78 is 10.8. The lowest BCUT2D eigenvalue weighted by molar-refractivity contribution is -0.126. The van der Waals surface area contributed by atoms with Crippen molar-refractivity contribution in [3.63, 3.8) is 0 Å². The quantitative estimate of drug-likeness (QED) is 0.387. The molecule has 1 aliphatic heterocycles. The molecular weight excluding hydrogens is 482 g/mol. The molecule has 4 rings (SSSR count). The van der Waals surface area contributed by atoms with Gasteiger partial charge in [-0.2, -0.15) is 0 Å². The number of ether oxygens (including phenoxy) is 1. The lowest BCUT2D eigenvalue weighted by Gasteiger charge is -2.32. The molecule has 0 bridgehead atoms. The first-order chi connectivity index (χ1) is 18.5. The number of rotatable bonds is 11. The van der Waals surface area contributed by atoms with E-state index >= 15 is 0 Å². The standard InChI is InChI=1S/C30H35N3O5/c1-3-21(2)22-13-15-24(16-14-22)33(27(34)20-32-29(35)26-12-8-18-38-26)28(23-9-5-4-6-10-23)30(36)31-19-25-11-7-17-37-25/h4-6,8-10,12-16,18,21,25,28H,3,7,11,17,19-20H2,1-2H3,(H,31,36)(H,32,35)/t21-,25+,28-/m1/s1. The summed E-state index contributed by atoms with van der Waals surface area (Å²) in [6.07, 6.45) is 4.19. The van der Waals surface area contributed by atoms with Crippen molar-refractivity contribution >= 4 is 23.4 Å². The molecule has 0 aliphatic carbocycles. The molecule has 3 atom stereocenters. The fourth-order valence-corrected chi connectivity index (χ4v) is 4.54. The smallest absolute Gasteiger partial charge is 0.287 e. The van der Waals surface area contributed by atoms with Gasteiger partial charge in [-0.05, 0) is 60.6 Å². The van der Waals surface area contributed by atoms with Gasteiger partial charge in [0, 0.05) is 18.8 Å². The number of anilines is 1. The van der Waals surface area contributed by atoms with Gasteiger partial charge in [0.15, 0.2) is 5.76 Å². The highest BCUT2D eigenvalue weighted by Gasteiger charge is 2.33. The van der Waals surface area contributed by atoms with Crippen molar-refractivity contribution in [1.29, 1.82) is 0 Å². The third-order valence-corrected chi connectivity index (χ3v) is 6.92. The first-order valence-corrected chi connectivity index (χ1v) is 13.2. The van der Waals surface area contributed by atoms with Crippen LogP contribution >= 0.6 is 0 Å². The number of carbonyl (C=O) groups is 3. The Hall–Kier alpha value is -3.91. The predicted molar refractivity (Wildman–Crippen MR) is 145 cm³/mol. The highest BCUT2D eigenvalue weighted by molar-refractivity contribution is 6.04. The van der Waals surface area contributed by atoms with Gasteiger partial charge >= 0.3 is 0 Å². The Balaban J connectivity index is 1.65. The Morgan fingerprint density at radius 3 is 2.37 bits per heavy atom. The van der Waals surface area contributed by atoms with E-state index in [1.165, 1.54) is 17.2 Å². The van der Waals surface area contributed by atoms with Crippen molar-refractivity contribution in [3.8, 4) is 0 Å². The number of carbonyl (C=O) groups excluding carboxylic acids is 3. The van der Waals surface area contributed by atoms with E-state index in [1.807, 2.05) is 54.6 Å². The van der Waals surface area contributed by atoms with E-state index in [2.05, 4.69) is 24.5 Å². The molecule has 3 aromatic rings. The molecule has 0 saturated carbocycles. The fourth-order valence-electron chi connectivity index (χ4n) is 4.54. The molecule has 8 heteroatoms. The van der Waals surface area contributed by atoms with Crippen LogP contribution in [0.15, 0.2) is 77.4 Å². The Kier molecular flexibility index (Phi) is 9.32. The van der Waals surface area contributed by atoms with E-state index in [4.69, 9.17) is 9.15 Å². The molecule has 0 unspecified atom stereocenters. The summed E-state index contributed by atoms with van der Waals surface area (Å²) in [6, 6.07) is 19.1. The van der Waals surface area contributed by atoms with Gasteiger partial charge in [0.2, 0.25) is 11.8 Å². The van der Waals surface area contributed by atoms with Gasteiger partial charge in [-0.15, -0.1) is 0 Å². The first kappa shape index (κ1) is 27.1. The van der Waals surface area contributed by atoms with Crippen molar-refractivity contribution < 1.29 is 23.5 Å². The normalized spacial score (nSPS) is 16.4. The Morgan fingerprint density at radius 2 is 1.74 bits per heavy atom. The van der Waals surface area contributed by atoms with Crippen molar-refractivity contribution in [1.82, 2.24) is 10.6 Å². The summed E-state index contributed by atoms with van der Waals surface area (Å²) in [5.41, 5.74) is 2.37. The molecule has 1 saturated heterocycles. The summed E-state index contributed by atoms with van der Waals surface area (Å²) in [5.74, 6) is -0.781. The number of nitrogens with one attached hydrogen (secondary N) is 2. The number of furan rings is 1. The largest absolute Gasteiger partial charge is 0.459 e. The molecule has 1 aliphatic rings. The summed E-state index contributed by atoms with van der Waals surface area (Å²) in [4.78, 5) is 41.4. The van der Waals surface area contributed by atoms with Crippen molar-refractivity contribution in [2.24, 2.45) is 0 Å². The topological polar surface area (TPSA) is 101 Å². The van der Waals surface area contributed by atoms with E-state index in [0.29, 0.717) is 30.3 Å². The van der Waals surface area contributed by atoms with Gasteiger partial charge in [-0.1, -0.05) is 56.3 Å². The first-order valence-electron chi connectivity index (χ1n) is 13.2. The molecule has 38 heavy (non-hydrogen) atoms. The van der Waals surface area contributed by atoms with Crippen LogP contribution in [0.2, 0.25) is 0 Å². The minimum absolute atomic E-state index is 0.0399. The van der Waals surface area contributed by atoms with Gasteiger partial charge < -0.3 is 19.8 Å². The zero-order valence-corrected chi connectivity index (χ0v) is 21.9. The molecule has 1 fully saturated rings. The van der Waals surface area contributed by atoms with Gasteiger partial charge in [0.05, 0.1) is 18.9 Å². The second kappa shape index (κ2) is 13.1. The highest BCUT2D eigenvalue weighted by Crippen LogP contribution is 2.30. The lowest BCUT2D eigenvalue weighted by atomic mass is 9.97. The second-order valence-corrected chi connectivity index (χ2v) is 9.52. The molecule has 2 heterocycles. The Bertz CT molecular complexity index is 1190. The third-order valence-electron chi connectivity index (χ3n) is 6.92. The monoisotopic (exact) mass is 517 g/mol. The Morgan fingerprint density at radius 1 is 0.974 bits per heavy atom. The van der Waals surface area contributed by atoms with Crippen LogP contribution in [0, 0.1) is 0 Å². The summed E-state index contributed by atoms with van der Waals surface area (Å²) in [6.45, 7) is 5.01. The van der Waals surface area contributed by atoms with Crippen LogP contribution in [-0.2, 0) is 14.3 Å². The highest BCUT2D eigenvalue weighted by atomic mass is 16.5. The maximum Gasteiger partial charge on any atom is 0.287 e. The van der Waals surface area contributed by atoms with Crippen LogP contribution in [0.25, 0.3) is 0 Å². The maximum atomic E-state index is 13.7. The molecule has 8 nitrogen and oxygen atoms in total. The molecule has 0 spiro atoms. The molecule has 2 N–H and O–H groups in total. The van der Waals surface area contributed by atoms with Crippen LogP contribution in [0.3, 0.4) is 0 Å². The van der Waals surface area contributed by atoms with Crippen LogP contribution in [0.5, 0.6) is 0 Å². The predicted octanol–water partition coefficient (Wildman–Crippen LogP) is 4.59. The number of nitrogens with zero attached hydrogens (tertiary/aromatic N) is 1. The van der Waals surface area contributed by atoms with Crippen molar-refractivity contribution in [2.45, 2.75) is 51.2 Å². The number of hydrogen-bond acceptors (Lipinski definition) is 5. The van der Waals surface area contributed by atoms with Crippen molar-refractivity contribution in [3.05, 3.63) is 89.9 Å². The minimum Gasteiger partial charge on any atom is -0.459 e. The second-order valence-electron chi connectivity index (χ2n) is 9.52. The molecule has 0 radical (unpaired) electrons. The summed E-state index contributed by atoms with van der Waals surface area (Å²) in [5, 5.41) is 5.61. The van der Waals surface area contributed by atoms with Crippen LogP contribution in [0.4, 0.5) is 5.69 Å². The van der Waals surface area contributed by atoms with E-state index in [9.17, 15) is 14.4 Å². The van der Waals surface area contributed by atoms with Gasteiger partial charge in [0.1, 0.15) is 6.04 Å². The van der Waals surface area contributed by atoms with Gasteiger partial charge in [-0.3, -0.25) is 19.3 Å². The minimum atomic E-state index is -0.944. The van der Waals surface area contributed by atoms with Crippen LogP contribution < -0.4 is 15.5 Å². The van der Waals surface area contributed by atoms with Gasteiger partial charge in [-0.25, -0.2) is 0 Å². The SMILES string of the molecule is CC[C@@H](C)c1ccc(N(C(=O)CNC(=O)c2ccco2)[C@@H](C(=O)NC[C@@H]2CCCO2)c2ccccc2)cc1. The van der Waals surface area contributed by atoms with Crippen LogP contribution in [-0.4, -0.2) is 43.5 Å². The Labute approximate surface area is 223 Å². The molecule has 3 amide bonds. The fraction of sp³-hybridized carbons (Fsp3) is 0.367. The number of hydrogen-bond donors (Lipinski definition) is 2. The average Bonchev–Trinajstić information content (AvgIpc) is 3.68. The number of benzene rings is 2. The van der Waals surface area contributed by atoms with E-state index in [1.54, 1.807) is 6.07 Å².